The second kappa shape index (κ2) is 5.46. The summed E-state index contributed by atoms with van der Waals surface area (Å²) in [5.74, 6) is 0.0693. The zero-order valence-corrected chi connectivity index (χ0v) is 10.8. The van der Waals surface area contributed by atoms with E-state index in [1.807, 2.05) is 13.8 Å². The topological polar surface area (TPSA) is 51.0 Å². The van der Waals surface area contributed by atoms with Crippen LogP contribution in [-0.2, 0) is 6.54 Å². The largest absolute Gasteiger partial charge is 0.334 e. The van der Waals surface area contributed by atoms with E-state index in [2.05, 4.69) is 15.5 Å². The predicted octanol–water partition coefficient (Wildman–Crippen LogP) is 3.03. The van der Waals surface area contributed by atoms with Crippen molar-refractivity contribution in [3.8, 4) is 11.5 Å². The molecule has 18 heavy (non-hydrogen) atoms. The van der Waals surface area contributed by atoms with Gasteiger partial charge in [-0.2, -0.15) is 4.98 Å². The van der Waals surface area contributed by atoms with Crippen LogP contribution in [0.3, 0.4) is 0 Å². The number of hydrogen-bond acceptors (Lipinski definition) is 4. The van der Waals surface area contributed by atoms with Gasteiger partial charge in [-0.1, -0.05) is 36.7 Å². The highest BCUT2D eigenvalue weighted by Crippen LogP contribution is 2.26. The Morgan fingerprint density at radius 2 is 2.22 bits per heavy atom. The van der Waals surface area contributed by atoms with Gasteiger partial charge in [0.1, 0.15) is 0 Å². The number of aromatic nitrogens is 2. The molecule has 0 spiro atoms. The molecule has 96 valence electrons. The Labute approximate surface area is 109 Å². The second-order valence-electron chi connectivity index (χ2n) is 4.15. The molecular weight excluding hydrogens is 257 g/mol. The molecule has 0 amide bonds. The first-order chi connectivity index (χ1) is 8.58. The highest BCUT2D eigenvalue weighted by molar-refractivity contribution is 6.31. The van der Waals surface area contributed by atoms with Crippen LogP contribution in [0.2, 0.25) is 5.02 Å². The van der Waals surface area contributed by atoms with E-state index >= 15 is 0 Å². The number of nitrogens with zero attached hydrogens (tertiary/aromatic N) is 2. The number of halogens is 2. The summed E-state index contributed by atoms with van der Waals surface area (Å²) < 4.78 is 18.8. The average Bonchev–Trinajstić information content (AvgIpc) is 2.78. The number of hydrogen-bond donors (Lipinski definition) is 1. The van der Waals surface area contributed by atoms with Gasteiger partial charge in [-0.25, -0.2) is 4.39 Å². The molecule has 1 aromatic carbocycles. The van der Waals surface area contributed by atoms with Crippen molar-refractivity contribution in [2.45, 2.75) is 26.4 Å². The minimum atomic E-state index is -0.550. The molecule has 0 fully saturated rings. The molecule has 6 heteroatoms. The van der Waals surface area contributed by atoms with Crippen molar-refractivity contribution in [2.75, 3.05) is 0 Å². The molecule has 0 saturated carbocycles. The molecule has 0 saturated heterocycles. The Balaban J connectivity index is 2.21. The van der Waals surface area contributed by atoms with Crippen molar-refractivity contribution in [1.82, 2.24) is 15.5 Å². The summed E-state index contributed by atoms with van der Waals surface area (Å²) in [4.78, 5) is 4.12. The van der Waals surface area contributed by atoms with Crippen molar-refractivity contribution in [1.29, 1.82) is 0 Å². The summed E-state index contributed by atoms with van der Waals surface area (Å²) >= 11 is 5.70. The Bertz CT molecular complexity index is 542. The van der Waals surface area contributed by atoms with Crippen LogP contribution in [0.1, 0.15) is 19.7 Å². The first-order valence-electron chi connectivity index (χ1n) is 5.58. The number of nitrogens with one attached hydrogen (secondary N) is 1. The van der Waals surface area contributed by atoms with Gasteiger partial charge in [-0.15, -0.1) is 0 Å². The lowest BCUT2D eigenvalue weighted by Crippen LogP contribution is -2.22. The van der Waals surface area contributed by atoms with Gasteiger partial charge >= 0.3 is 0 Å². The zero-order valence-electron chi connectivity index (χ0n) is 10.1. The molecule has 0 atom stereocenters. The smallest absolute Gasteiger partial charge is 0.261 e. The minimum absolute atomic E-state index is 0.0348. The molecule has 2 aromatic rings. The van der Waals surface area contributed by atoms with Gasteiger partial charge in [0.25, 0.3) is 5.89 Å². The Morgan fingerprint density at radius 3 is 2.94 bits per heavy atom. The summed E-state index contributed by atoms with van der Waals surface area (Å²) in [6, 6.07) is 4.97. The van der Waals surface area contributed by atoms with Crippen LogP contribution in [0.4, 0.5) is 4.39 Å². The van der Waals surface area contributed by atoms with Gasteiger partial charge in [0.05, 0.1) is 17.1 Å². The lowest BCUT2D eigenvalue weighted by Gasteiger charge is -2.03. The van der Waals surface area contributed by atoms with Crippen molar-refractivity contribution in [3.05, 3.63) is 34.9 Å². The van der Waals surface area contributed by atoms with Crippen molar-refractivity contribution < 1.29 is 8.91 Å². The molecule has 1 heterocycles. The maximum Gasteiger partial charge on any atom is 0.261 e. The first-order valence-corrected chi connectivity index (χ1v) is 5.96. The maximum absolute atomic E-state index is 13.7. The molecule has 0 aliphatic heterocycles. The summed E-state index contributed by atoms with van der Waals surface area (Å²) in [5.41, 5.74) is 0.214. The fourth-order valence-electron chi connectivity index (χ4n) is 1.40. The third kappa shape index (κ3) is 2.86. The molecule has 0 aliphatic carbocycles. The fourth-order valence-corrected chi connectivity index (χ4v) is 1.57. The van der Waals surface area contributed by atoms with Crippen LogP contribution in [-0.4, -0.2) is 16.2 Å². The van der Waals surface area contributed by atoms with E-state index in [0.29, 0.717) is 18.4 Å². The number of rotatable bonds is 4. The first kappa shape index (κ1) is 13.0. The quantitative estimate of drug-likeness (QED) is 0.927. The van der Waals surface area contributed by atoms with Crippen molar-refractivity contribution in [2.24, 2.45) is 0 Å². The van der Waals surface area contributed by atoms with Crippen LogP contribution in [0.15, 0.2) is 22.7 Å². The monoisotopic (exact) mass is 269 g/mol. The van der Waals surface area contributed by atoms with Crippen molar-refractivity contribution >= 4 is 11.6 Å². The maximum atomic E-state index is 13.7. The molecule has 1 aromatic heterocycles. The fraction of sp³-hybridized carbons (Fsp3) is 0.333. The molecule has 0 bridgehead atoms. The van der Waals surface area contributed by atoms with E-state index in [0.717, 1.165) is 0 Å². The van der Waals surface area contributed by atoms with Gasteiger partial charge in [0.2, 0.25) is 0 Å². The third-order valence-corrected chi connectivity index (χ3v) is 2.61. The van der Waals surface area contributed by atoms with E-state index in [4.69, 9.17) is 16.1 Å². The van der Waals surface area contributed by atoms with Gasteiger partial charge in [-0.3, -0.25) is 0 Å². The van der Waals surface area contributed by atoms with Crippen LogP contribution in [0.5, 0.6) is 0 Å². The summed E-state index contributed by atoms with van der Waals surface area (Å²) in [6.45, 7) is 4.50. The van der Waals surface area contributed by atoms with E-state index in [1.165, 1.54) is 6.07 Å². The van der Waals surface area contributed by atoms with Gasteiger partial charge in [0.15, 0.2) is 11.6 Å². The van der Waals surface area contributed by atoms with Crippen LogP contribution < -0.4 is 5.32 Å². The Kier molecular flexibility index (Phi) is 3.93. The highest BCUT2D eigenvalue weighted by atomic mass is 35.5. The van der Waals surface area contributed by atoms with Crippen LogP contribution >= 0.6 is 11.6 Å². The average molecular weight is 270 g/mol. The van der Waals surface area contributed by atoms with E-state index in [1.54, 1.807) is 12.1 Å². The normalized spacial score (nSPS) is 11.2. The van der Waals surface area contributed by atoms with Gasteiger partial charge in [-0.05, 0) is 12.1 Å². The number of benzene rings is 1. The summed E-state index contributed by atoms with van der Waals surface area (Å²) in [7, 11) is 0. The predicted molar refractivity (Wildman–Crippen MR) is 66.7 cm³/mol. The molecule has 1 N–H and O–H groups in total. The van der Waals surface area contributed by atoms with Gasteiger partial charge < -0.3 is 9.84 Å². The molecule has 0 aliphatic rings. The molecule has 0 radical (unpaired) electrons. The highest BCUT2D eigenvalue weighted by Gasteiger charge is 2.15. The second-order valence-corrected chi connectivity index (χ2v) is 4.56. The lowest BCUT2D eigenvalue weighted by atomic mass is 10.2. The molecule has 4 nitrogen and oxygen atoms in total. The third-order valence-electron chi connectivity index (χ3n) is 2.32. The minimum Gasteiger partial charge on any atom is -0.334 e. The van der Waals surface area contributed by atoms with Gasteiger partial charge in [0, 0.05) is 6.04 Å². The van der Waals surface area contributed by atoms with E-state index < -0.39 is 5.82 Å². The van der Waals surface area contributed by atoms with Crippen LogP contribution in [0.25, 0.3) is 11.5 Å². The Morgan fingerprint density at radius 1 is 1.44 bits per heavy atom. The van der Waals surface area contributed by atoms with Crippen LogP contribution in [0, 0.1) is 5.82 Å². The van der Waals surface area contributed by atoms with E-state index in [-0.39, 0.29) is 16.5 Å². The van der Waals surface area contributed by atoms with E-state index in [9.17, 15) is 4.39 Å². The SMILES string of the molecule is CC(C)NCc1noc(-c2cccc(Cl)c2F)n1. The lowest BCUT2D eigenvalue weighted by molar-refractivity contribution is 0.415. The Hall–Kier alpha value is -1.46. The summed E-state index contributed by atoms with van der Waals surface area (Å²) in [5, 5.41) is 6.96. The summed E-state index contributed by atoms with van der Waals surface area (Å²) in [6.07, 6.45) is 0. The van der Waals surface area contributed by atoms with Crippen molar-refractivity contribution in [3.63, 3.8) is 0 Å². The standard InChI is InChI=1S/C12H13ClFN3O/c1-7(2)15-6-10-16-12(18-17-10)8-4-3-5-9(13)11(8)14/h3-5,7,15H,6H2,1-2H3. The zero-order chi connectivity index (χ0) is 13.1. The molecule has 0 unspecified atom stereocenters. The molecular formula is C12H13ClFN3O. The molecule has 2 rings (SSSR count).